The molecule has 0 radical (unpaired) electrons. The Morgan fingerprint density at radius 2 is 1.73 bits per heavy atom. The molecule has 0 aliphatic heterocycles. The molecule has 1 fully saturated rings. The molecule has 4 rings (SSSR count). The van der Waals surface area contributed by atoms with Crippen molar-refractivity contribution < 1.29 is 27.5 Å². The van der Waals surface area contributed by atoms with Crippen LogP contribution in [0.4, 0.5) is 24.7 Å². The molecule has 0 spiro atoms. The standard InChI is InChI=1S/C28H24F3N3O3/c1-16-4-7-21(27(36)33-22-11-5-17(2)23(14-22)28(29,30)31)13-20(16)8-6-18-12-24(37-3)25(32-15-18)34-26(35)19-9-10-19/h4-5,7,11-15,19H,9-10H2,1-3H3,(H,33,36)(H,32,34,35). The largest absolute Gasteiger partial charge is 0.493 e. The smallest absolute Gasteiger partial charge is 0.416 e. The molecule has 1 aromatic heterocycles. The van der Waals surface area contributed by atoms with E-state index < -0.39 is 17.6 Å². The van der Waals surface area contributed by atoms with Crippen LogP contribution >= 0.6 is 0 Å². The van der Waals surface area contributed by atoms with Crippen LogP contribution in [0.2, 0.25) is 0 Å². The van der Waals surface area contributed by atoms with E-state index in [2.05, 4.69) is 27.5 Å². The van der Waals surface area contributed by atoms with Gasteiger partial charge < -0.3 is 15.4 Å². The summed E-state index contributed by atoms with van der Waals surface area (Å²) in [5, 5.41) is 5.28. The highest BCUT2D eigenvalue weighted by Gasteiger charge is 2.32. The lowest BCUT2D eigenvalue weighted by Gasteiger charge is -2.13. The van der Waals surface area contributed by atoms with Crippen LogP contribution in [0, 0.1) is 31.6 Å². The maximum absolute atomic E-state index is 13.2. The molecule has 2 N–H and O–H groups in total. The Labute approximate surface area is 212 Å². The number of aryl methyl sites for hydroxylation is 2. The first-order valence-corrected chi connectivity index (χ1v) is 11.5. The first kappa shape index (κ1) is 25.8. The Bertz CT molecular complexity index is 1430. The summed E-state index contributed by atoms with van der Waals surface area (Å²) in [6.45, 7) is 3.19. The van der Waals surface area contributed by atoms with Gasteiger partial charge in [0.05, 0.1) is 12.7 Å². The number of ether oxygens (including phenoxy) is 1. The monoisotopic (exact) mass is 507 g/mol. The van der Waals surface area contributed by atoms with Crippen LogP contribution in [-0.2, 0) is 11.0 Å². The average molecular weight is 508 g/mol. The lowest BCUT2D eigenvalue weighted by Crippen LogP contribution is -2.15. The van der Waals surface area contributed by atoms with Crippen molar-refractivity contribution >= 4 is 23.3 Å². The fourth-order valence-corrected chi connectivity index (χ4v) is 3.57. The zero-order chi connectivity index (χ0) is 26.7. The number of aromatic nitrogens is 1. The third-order valence-electron chi connectivity index (χ3n) is 5.90. The lowest BCUT2D eigenvalue weighted by atomic mass is 10.0. The Balaban J connectivity index is 1.53. The van der Waals surface area contributed by atoms with Crippen molar-refractivity contribution in [3.63, 3.8) is 0 Å². The molecule has 6 nitrogen and oxygen atoms in total. The Hall–Kier alpha value is -4.32. The number of carbonyl (C=O) groups excluding carboxylic acids is 2. The van der Waals surface area contributed by atoms with Crippen LogP contribution in [-0.4, -0.2) is 23.9 Å². The Morgan fingerprint density at radius 3 is 2.41 bits per heavy atom. The van der Waals surface area contributed by atoms with Crippen LogP contribution < -0.4 is 15.4 Å². The van der Waals surface area contributed by atoms with Crippen molar-refractivity contribution in [2.24, 2.45) is 5.92 Å². The van der Waals surface area contributed by atoms with Crippen LogP contribution in [0.3, 0.4) is 0 Å². The van der Waals surface area contributed by atoms with Crippen molar-refractivity contribution in [1.82, 2.24) is 4.98 Å². The topological polar surface area (TPSA) is 80.3 Å². The van der Waals surface area contributed by atoms with Gasteiger partial charge in [0.2, 0.25) is 5.91 Å². The quantitative estimate of drug-likeness (QED) is 0.433. The van der Waals surface area contributed by atoms with Gasteiger partial charge in [0.15, 0.2) is 11.6 Å². The SMILES string of the molecule is COc1cc(C#Cc2cc(C(=O)Nc3ccc(C)c(C(F)(F)F)c3)ccc2C)cnc1NC(=O)C1CC1. The highest BCUT2D eigenvalue weighted by Crippen LogP contribution is 2.34. The Kier molecular flexibility index (Phi) is 7.21. The minimum atomic E-state index is -4.52. The number of amides is 2. The van der Waals surface area contributed by atoms with Gasteiger partial charge in [-0.15, -0.1) is 0 Å². The molecule has 1 aliphatic rings. The van der Waals surface area contributed by atoms with Crippen LogP contribution in [0.15, 0.2) is 48.7 Å². The zero-order valence-corrected chi connectivity index (χ0v) is 20.4. The molecular weight excluding hydrogens is 483 g/mol. The van der Waals surface area contributed by atoms with Gasteiger partial charge in [-0.05, 0) is 62.1 Å². The van der Waals surface area contributed by atoms with Crippen LogP contribution in [0.25, 0.3) is 0 Å². The van der Waals surface area contributed by atoms with Gasteiger partial charge in [0, 0.05) is 40.6 Å². The number of benzene rings is 2. The van der Waals surface area contributed by atoms with E-state index in [1.54, 1.807) is 24.3 Å². The van der Waals surface area contributed by atoms with Crippen molar-refractivity contribution in [1.29, 1.82) is 0 Å². The molecule has 3 aromatic rings. The molecule has 1 aliphatic carbocycles. The van der Waals surface area contributed by atoms with Crippen LogP contribution in [0.5, 0.6) is 5.75 Å². The normalized spacial score (nSPS) is 12.8. The maximum Gasteiger partial charge on any atom is 0.416 e. The molecule has 0 bridgehead atoms. The van der Waals surface area contributed by atoms with Crippen molar-refractivity contribution in [3.8, 4) is 17.6 Å². The molecular formula is C28H24F3N3O3. The van der Waals surface area contributed by atoms with E-state index >= 15 is 0 Å². The molecule has 0 unspecified atom stereocenters. The molecule has 190 valence electrons. The van der Waals surface area contributed by atoms with Gasteiger partial charge in [-0.2, -0.15) is 13.2 Å². The molecule has 2 amide bonds. The first-order chi connectivity index (χ1) is 17.5. The predicted octanol–water partition coefficient (Wildman–Crippen LogP) is 5.73. The second-order valence-electron chi connectivity index (χ2n) is 8.80. The number of methoxy groups -OCH3 is 1. The van der Waals surface area contributed by atoms with Crippen molar-refractivity contribution in [2.75, 3.05) is 17.7 Å². The minimum absolute atomic E-state index is 0.0242. The van der Waals surface area contributed by atoms with E-state index in [0.29, 0.717) is 22.7 Å². The number of pyridine rings is 1. The number of nitrogens with one attached hydrogen (secondary N) is 2. The molecule has 2 aromatic carbocycles. The predicted molar refractivity (Wildman–Crippen MR) is 133 cm³/mol. The highest BCUT2D eigenvalue weighted by molar-refractivity contribution is 6.04. The summed E-state index contributed by atoms with van der Waals surface area (Å²) in [6, 6.07) is 10.2. The number of rotatable bonds is 5. The number of halogens is 3. The van der Waals surface area contributed by atoms with Gasteiger partial charge in [-0.25, -0.2) is 4.98 Å². The van der Waals surface area contributed by atoms with E-state index in [9.17, 15) is 22.8 Å². The summed E-state index contributed by atoms with van der Waals surface area (Å²) < 4.78 is 45.0. The molecule has 1 saturated carbocycles. The maximum atomic E-state index is 13.2. The second-order valence-corrected chi connectivity index (χ2v) is 8.80. The molecule has 9 heteroatoms. The highest BCUT2D eigenvalue weighted by atomic mass is 19.4. The van der Waals surface area contributed by atoms with E-state index in [0.717, 1.165) is 24.5 Å². The van der Waals surface area contributed by atoms with E-state index in [4.69, 9.17) is 4.74 Å². The number of anilines is 2. The van der Waals surface area contributed by atoms with Gasteiger partial charge >= 0.3 is 6.18 Å². The first-order valence-electron chi connectivity index (χ1n) is 11.5. The van der Waals surface area contributed by atoms with Crippen molar-refractivity contribution in [3.05, 3.63) is 82.0 Å². The van der Waals surface area contributed by atoms with Gasteiger partial charge in [-0.1, -0.05) is 24.0 Å². The number of hydrogen-bond donors (Lipinski definition) is 2. The fourth-order valence-electron chi connectivity index (χ4n) is 3.57. The zero-order valence-electron chi connectivity index (χ0n) is 20.4. The van der Waals surface area contributed by atoms with Gasteiger partial charge in [0.1, 0.15) is 0 Å². The summed E-state index contributed by atoms with van der Waals surface area (Å²) in [5.41, 5.74) is 1.48. The van der Waals surface area contributed by atoms with E-state index in [1.807, 2.05) is 6.92 Å². The van der Waals surface area contributed by atoms with E-state index in [-0.39, 0.29) is 28.6 Å². The molecule has 0 atom stereocenters. The van der Waals surface area contributed by atoms with E-state index in [1.165, 1.54) is 32.4 Å². The third kappa shape index (κ3) is 6.28. The average Bonchev–Trinajstić information content (AvgIpc) is 3.70. The minimum Gasteiger partial charge on any atom is -0.493 e. The second kappa shape index (κ2) is 10.3. The number of nitrogens with zero attached hydrogens (tertiary/aromatic N) is 1. The summed E-state index contributed by atoms with van der Waals surface area (Å²) in [5.74, 6) is 6.06. The molecule has 1 heterocycles. The van der Waals surface area contributed by atoms with Crippen LogP contribution in [0.1, 0.15) is 51.0 Å². The summed E-state index contributed by atoms with van der Waals surface area (Å²) in [6.07, 6.45) is -1.27. The molecule has 37 heavy (non-hydrogen) atoms. The molecule has 0 saturated heterocycles. The number of carbonyl (C=O) groups is 2. The lowest BCUT2D eigenvalue weighted by molar-refractivity contribution is -0.138. The van der Waals surface area contributed by atoms with Gasteiger partial charge in [0.25, 0.3) is 5.91 Å². The summed E-state index contributed by atoms with van der Waals surface area (Å²) in [4.78, 5) is 29.0. The fraction of sp³-hybridized carbons (Fsp3) is 0.250. The number of hydrogen-bond acceptors (Lipinski definition) is 4. The summed E-state index contributed by atoms with van der Waals surface area (Å²) >= 11 is 0. The summed E-state index contributed by atoms with van der Waals surface area (Å²) in [7, 11) is 1.47. The Morgan fingerprint density at radius 1 is 1.00 bits per heavy atom. The van der Waals surface area contributed by atoms with Gasteiger partial charge in [-0.3, -0.25) is 9.59 Å². The third-order valence-corrected chi connectivity index (χ3v) is 5.90. The van der Waals surface area contributed by atoms with Crippen molar-refractivity contribution in [2.45, 2.75) is 32.9 Å². The number of alkyl halides is 3.